The first-order chi connectivity index (χ1) is 14.5. The van der Waals surface area contributed by atoms with Gasteiger partial charge in [-0.15, -0.1) is 0 Å². The number of fused-ring (bicyclic) bond motifs is 1. The zero-order chi connectivity index (χ0) is 21.1. The number of anilines is 2. The summed E-state index contributed by atoms with van der Waals surface area (Å²) in [7, 11) is 1.99. The molecule has 1 heterocycles. The fourth-order valence-electron chi connectivity index (χ4n) is 2.97. The molecule has 0 radical (unpaired) electrons. The first kappa shape index (κ1) is 20.5. The van der Waals surface area contributed by atoms with Crippen molar-refractivity contribution in [1.82, 2.24) is 9.55 Å². The number of hydrogen-bond donors (Lipinski definition) is 2. The largest absolute Gasteiger partial charge is 0.486 e. The van der Waals surface area contributed by atoms with E-state index in [4.69, 9.17) is 40.2 Å². The predicted molar refractivity (Wildman–Crippen MR) is 128 cm³/mol. The van der Waals surface area contributed by atoms with Crippen molar-refractivity contribution < 1.29 is 4.74 Å². The molecule has 0 fully saturated rings. The van der Waals surface area contributed by atoms with Crippen LogP contribution >= 0.6 is 35.4 Å². The molecule has 0 saturated heterocycles. The van der Waals surface area contributed by atoms with Crippen LogP contribution in [-0.2, 0) is 13.7 Å². The first-order valence-corrected chi connectivity index (χ1v) is 10.3. The number of ether oxygens (including phenoxy) is 1. The fraction of sp³-hybridized carbons (Fsp3) is 0.0909. The Morgan fingerprint density at radius 3 is 2.40 bits per heavy atom. The Hall–Kier alpha value is -2.80. The molecule has 0 saturated carbocycles. The number of rotatable bonds is 5. The standard InChI is InChI=1S/C22H18Cl2N4OS/c1-28-20-5-3-2-4-19(20)27-21(28)13-29-16-9-6-14(7-10-16)25-22(30)26-15-8-11-17(23)18(24)12-15/h2-12H,13H2,1H3,(H2,25,26,30). The number of nitrogens with one attached hydrogen (secondary N) is 2. The van der Waals surface area contributed by atoms with E-state index in [1.165, 1.54) is 0 Å². The molecular formula is C22H18Cl2N4OS. The minimum Gasteiger partial charge on any atom is -0.486 e. The topological polar surface area (TPSA) is 51.1 Å². The molecule has 0 bridgehead atoms. The summed E-state index contributed by atoms with van der Waals surface area (Å²) in [5, 5.41) is 7.60. The molecule has 4 rings (SSSR count). The van der Waals surface area contributed by atoms with Gasteiger partial charge in [0.2, 0.25) is 0 Å². The molecule has 5 nitrogen and oxygen atoms in total. The summed E-state index contributed by atoms with van der Waals surface area (Å²) in [5.41, 5.74) is 3.63. The summed E-state index contributed by atoms with van der Waals surface area (Å²) in [6.45, 7) is 0.384. The summed E-state index contributed by atoms with van der Waals surface area (Å²) in [5.74, 6) is 1.61. The molecule has 0 aliphatic heterocycles. The smallest absolute Gasteiger partial charge is 0.175 e. The highest BCUT2D eigenvalue weighted by Gasteiger charge is 2.08. The number of aromatic nitrogens is 2. The predicted octanol–water partition coefficient (Wildman–Crippen LogP) is 6.27. The lowest BCUT2D eigenvalue weighted by Gasteiger charge is -2.12. The zero-order valence-corrected chi connectivity index (χ0v) is 18.4. The second-order valence-electron chi connectivity index (χ2n) is 6.60. The van der Waals surface area contributed by atoms with Gasteiger partial charge in [0, 0.05) is 18.4 Å². The van der Waals surface area contributed by atoms with Gasteiger partial charge >= 0.3 is 0 Å². The van der Waals surface area contributed by atoms with Crippen molar-refractivity contribution in [3.8, 4) is 5.75 Å². The first-order valence-electron chi connectivity index (χ1n) is 9.16. The van der Waals surface area contributed by atoms with Crippen molar-refractivity contribution >= 4 is 62.9 Å². The van der Waals surface area contributed by atoms with Crippen LogP contribution < -0.4 is 15.4 Å². The summed E-state index contributed by atoms with van der Waals surface area (Å²) in [4.78, 5) is 4.62. The van der Waals surface area contributed by atoms with Crippen LogP contribution in [-0.4, -0.2) is 14.7 Å². The highest BCUT2D eigenvalue weighted by atomic mass is 35.5. The average Bonchev–Trinajstić information content (AvgIpc) is 3.06. The Morgan fingerprint density at radius 2 is 1.67 bits per heavy atom. The number of halogens is 2. The highest BCUT2D eigenvalue weighted by Crippen LogP contribution is 2.25. The molecule has 4 aromatic rings. The molecule has 0 amide bonds. The minimum absolute atomic E-state index is 0.384. The van der Waals surface area contributed by atoms with Gasteiger partial charge in [0.15, 0.2) is 5.11 Å². The maximum absolute atomic E-state index is 6.03. The van der Waals surface area contributed by atoms with Crippen LogP contribution in [0.4, 0.5) is 11.4 Å². The van der Waals surface area contributed by atoms with E-state index in [9.17, 15) is 0 Å². The maximum atomic E-state index is 6.03. The number of thiocarbonyl (C=S) groups is 1. The lowest BCUT2D eigenvalue weighted by atomic mass is 10.3. The van der Waals surface area contributed by atoms with Gasteiger partial charge in [-0.05, 0) is 66.8 Å². The van der Waals surface area contributed by atoms with Crippen molar-refractivity contribution in [3.63, 3.8) is 0 Å². The molecular weight excluding hydrogens is 439 g/mol. The molecule has 0 atom stereocenters. The molecule has 0 unspecified atom stereocenters. The van der Waals surface area contributed by atoms with Crippen molar-refractivity contribution in [2.75, 3.05) is 10.6 Å². The number of imidazole rings is 1. The van der Waals surface area contributed by atoms with Gasteiger partial charge in [-0.25, -0.2) is 4.98 Å². The van der Waals surface area contributed by atoms with Crippen LogP contribution in [0.15, 0.2) is 66.7 Å². The average molecular weight is 457 g/mol. The van der Waals surface area contributed by atoms with E-state index < -0.39 is 0 Å². The Bertz CT molecular complexity index is 1210. The Morgan fingerprint density at radius 1 is 0.967 bits per heavy atom. The normalized spacial score (nSPS) is 10.8. The number of para-hydroxylation sites is 2. The highest BCUT2D eigenvalue weighted by molar-refractivity contribution is 7.80. The third-order valence-electron chi connectivity index (χ3n) is 4.54. The van der Waals surface area contributed by atoms with Crippen molar-refractivity contribution in [2.24, 2.45) is 7.05 Å². The second kappa shape index (κ2) is 8.92. The van der Waals surface area contributed by atoms with Crippen molar-refractivity contribution in [3.05, 3.63) is 82.6 Å². The summed E-state index contributed by atoms with van der Waals surface area (Å²) < 4.78 is 7.94. The lowest BCUT2D eigenvalue weighted by Crippen LogP contribution is -2.18. The Kier molecular flexibility index (Phi) is 6.08. The minimum atomic E-state index is 0.384. The molecule has 2 N–H and O–H groups in total. The van der Waals surface area contributed by atoms with Crippen LogP contribution in [0, 0.1) is 0 Å². The van der Waals surface area contributed by atoms with Gasteiger partial charge in [0.05, 0.1) is 21.1 Å². The SMILES string of the molecule is Cn1c(COc2ccc(NC(=S)Nc3ccc(Cl)c(Cl)c3)cc2)nc2ccccc21. The lowest BCUT2D eigenvalue weighted by molar-refractivity contribution is 0.292. The van der Waals surface area contributed by atoms with Crippen LogP contribution in [0.2, 0.25) is 10.0 Å². The zero-order valence-electron chi connectivity index (χ0n) is 16.0. The molecule has 152 valence electrons. The number of benzene rings is 3. The van der Waals surface area contributed by atoms with Crippen molar-refractivity contribution in [1.29, 1.82) is 0 Å². The van der Waals surface area contributed by atoms with Crippen LogP contribution in [0.25, 0.3) is 11.0 Å². The van der Waals surface area contributed by atoms with Gasteiger partial charge in [-0.2, -0.15) is 0 Å². The van der Waals surface area contributed by atoms with E-state index >= 15 is 0 Å². The van der Waals surface area contributed by atoms with Crippen LogP contribution in [0.1, 0.15) is 5.82 Å². The van der Waals surface area contributed by atoms with Crippen LogP contribution in [0.3, 0.4) is 0 Å². The quantitative estimate of drug-likeness (QED) is 0.346. The van der Waals surface area contributed by atoms with E-state index in [0.717, 1.165) is 34.0 Å². The molecule has 0 aliphatic rings. The van der Waals surface area contributed by atoms with Gasteiger partial charge < -0.3 is 19.9 Å². The van der Waals surface area contributed by atoms with Crippen LogP contribution in [0.5, 0.6) is 5.75 Å². The number of nitrogens with zero attached hydrogens (tertiary/aromatic N) is 2. The third-order valence-corrected chi connectivity index (χ3v) is 5.48. The molecule has 8 heteroatoms. The summed E-state index contributed by atoms with van der Waals surface area (Å²) in [6, 6.07) is 20.8. The van der Waals surface area contributed by atoms with E-state index in [1.54, 1.807) is 18.2 Å². The van der Waals surface area contributed by atoms with Gasteiger partial charge in [-0.3, -0.25) is 0 Å². The second-order valence-corrected chi connectivity index (χ2v) is 7.82. The van der Waals surface area contributed by atoms with Gasteiger partial charge in [-0.1, -0.05) is 35.3 Å². The number of hydrogen-bond acceptors (Lipinski definition) is 3. The molecule has 3 aromatic carbocycles. The van der Waals surface area contributed by atoms with E-state index in [1.807, 2.05) is 60.1 Å². The Labute approximate surface area is 189 Å². The maximum Gasteiger partial charge on any atom is 0.175 e. The number of aryl methyl sites for hydroxylation is 1. The van der Waals surface area contributed by atoms with Gasteiger partial charge in [0.25, 0.3) is 0 Å². The van der Waals surface area contributed by atoms with Gasteiger partial charge in [0.1, 0.15) is 18.2 Å². The van der Waals surface area contributed by atoms with E-state index in [0.29, 0.717) is 21.8 Å². The third kappa shape index (κ3) is 4.67. The van der Waals surface area contributed by atoms with E-state index in [2.05, 4.69) is 15.6 Å². The van der Waals surface area contributed by atoms with E-state index in [-0.39, 0.29) is 0 Å². The monoisotopic (exact) mass is 456 g/mol. The molecule has 0 aliphatic carbocycles. The molecule has 0 spiro atoms. The Balaban J connectivity index is 1.34. The molecule has 1 aromatic heterocycles. The van der Waals surface area contributed by atoms with Crippen molar-refractivity contribution in [2.45, 2.75) is 6.61 Å². The fourth-order valence-corrected chi connectivity index (χ4v) is 3.51. The molecule has 30 heavy (non-hydrogen) atoms. The summed E-state index contributed by atoms with van der Waals surface area (Å²) in [6.07, 6.45) is 0. The summed E-state index contributed by atoms with van der Waals surface area (Å²) >= 11 is 17.3.